The average Bonchev–Trinajstić information content (AvgIpc) is 2.77. The van der Waals surface area contributed by atoms with Crippen molar-refractivity contribution in [3.05, 3.63) is 86.3 Å². The zero-order valence-electron chi connectivity index (χ0n) is 19.2. The molecule has 1 amide bonds. The molecule has 5 nitrogen and oxygen atoms in total. The fraction of sp³-hybridized carbons (Fsp3) is 0.346. The monoisotopic (exact) mass is 492 g/mol. The number of rotatable bonds is 4. The topological polar surface area (TPSA) is 49.3 Å². The van der Waals surface area contributed by atoms with Crippen molar-refractivity contribution in [2.24, 2.45) is 0 Å². The summed E-state index contributed by atoms with van der Waals surface area (Å²) in [5.74, 6) is 1.87. The Kier molecular flexibility index (Phi) is 6.60. The maximum Gasteiger partial charge on any atom is 0.254 e. The molecule has 2 aromatic carbocycles. The zero-order valence-corrected chi connectivity index (χ0v) is 20.7. The van der Waals surface area contributed by atoms with E-state index < -0.39 is 0 Å². The number of halogens is 1. The molecule has 1 fully saturated rings. The summed E-state index contributed by atoms with van der Waals surface area (Å²) >= 11 is 3.46. The van der Waals surface area contributed by atoms with E-state index in [1.165, 1.54) is 22.3 Å². The van der Waals surface area contributed by atoms with Crippen LogP contribution in [0, 0.1) is 27.7 Å². The van der Waals surface area contributed by atoms with Crippen molar-refractivity contribution in [2.45, 2.75) is 34.1 Å². The lowest BCUT2D eigenvalue weighted by Gasteiger charge is -2.36. The van der Waals surface area contributed by atoms with Gasteiger partial charge >= 0.3 is 0 Å². The third-order valence-corrected chi connectivity index (χ3v) is 6.61. The van der Waals surface area contributed by atoms with E-state index in [1.807, 2.05) is 36.1 Å². The van der Waals surface area contributed by atoms with E-state index in [9.17, 15) is 4.79 Å². The van der Waals surface area contributed by atoms with E-state index in [0.29, 0.717) is 13.1 Å². The van der Waals surface area contributed by atoms with E-state index in [1.54, 1.807) is 0 Å². The molecule has 0 aliphatic carbocycles. The quantitative estimate of drug-likeness (QED) is 0.512. The van der Waals surface area contributed by atoms with Crippen LogP contribution in [0.5, 0.6) is 0 Å². The summed E-state index contributed by atoms with van der Waals surface area (Å²) in [7, 11) is 0. The molecular weight excluding hydrogens is 464 g/mol. The van der Waals surface area contributed by atoms with Crippen molar-refractivity contribution in [1.82, 2.24) is 14.9 Å². The number of amides is 1. The number of hydrogen-bond donors (Lipinski definition) is 0. The predicted octanol–water partition coefficient (Wildman–Crippen LogP) is 5.03. The molecule has 0 unspecified atom stereocenters. The summed E-state index contributed by atoms with van der Waals surface area (Å²) in [5.41, 5.74) is 6.78. The number of benzene rings is 2. The number of aromatic nitrogens is 2. The minimum absolute atomic E-state index is 0.0802. The standard InChI is InChI=1S/C26H29BrN4O/c1-17-8-9-18(2)22(14-17)16-24-19(3)28-20(4)29-25(24)30-10-12-31(13-11-30)26(32)21-6-5-7-23(27)15-21/h5-9,14-15H,10-13,16H2,1-4H3. The molecule has 1 aliphatic rings. The van der Waals surface area contributed by atoms with Crippen LogP contribution in [-0.4, -0.2) is 47.0 Å². The Hall–Kier alpha value is -2.73. The Balaban J connectivity index is 1.55. The van der Waals surface area contributed by atoms with Crippen LogP contribution in [0.2, 0.25) is 0 Å². The molecule has 1 aromatic heterocycles. The van der Waals surface area contributed by atoms with Gasteiger partial charge in [-0.15, -0.1) is 0 Å². The van der Waals surface area contributed by atoms with Gasteiger partial charge in [0.2, 0.25) is 0 Å². The van der Waals surface area contributed by atoms with Gasteiger partial charge in [-0.2, -0.15) is 0 Å². The van der Waals surface area contributed by atoms with Crippen molar-refractivity contribution in [1.29, 1.82) is 0 Å². The Labute approximate surface area is 198 Å². The number of carbonyl (C=O) groups excluding carboxylic acids is 1. The van der Waals surface area contributed by atoms with Crippen molar-refractivity contribution in [3.63, 3.8) is 0 Å². The molecule has 0 N–H and O–H groups in total. The van der Waals surface area contributed by atoms with Crippen LogP contribution in [0.15, 0.2) is 46.9 Å². The van der Waals surface area contributed by atoms with E-state index >= 15 is 0 Å². The molecule has 4 rings (SSSR count). The third-order valence-electron chi connectivity index (χ3n) is 6.11. The van der Waals surface area contributed by atoms with E-state index in [2.05, 4.69) is 64.8 Å². The second kappa shape index (κ2) is 9.41. The first kappa shape index (κ1) is 22.5. The van der Waals surface area contributed by atoms with Gasteiger partial charge in [0.25, 0.3) is 5.91 Å². The van der Waals surface area contributed by atoms with Crippen molar-refractivity contribution in [2.75, 3.05) is 31.1 Å². The molecule has 2 heterocycles. The molecule has 32 heavy (non-hydrogen) atoms. The highest BCUT2D eigenvalue weighted by molar-refractivity contribution is 9.10. The summed E-state index contributed by atoms with van der Waals surface area (Å²) in [4.78, 5) is 26.7. The maximum atomic E-state index is 12.9. The molecule has 6 heteroatoms. The van der Waals surface area contributed by atoms with Gasteiger partial charge in [0.15, 0.2) is 0 Å². The first-order valence-corrected chi connectivity index (χ1v) is 11.8. The van der Waals surface area contributed by atoms with E-state index in [4.69, 9.17) is 4.98 Å². The fourth-order valence-electron chi connectivity index (χ4n) is 4.29. The van der Waals surface area contributed by atoms with Gasteiger partial charge < -0.3 is 9.80 Å². The lowest BCUT2D eigenvalue weighted by molar-refractivity contribution is 0.0746. The highest BCUT2D eigenvalue weighted by atomic mass is 79.9. The summed E-state index contributed by atoms with van der Waals surface area (Å²) in [6, 6.07) is 14.2. The largest absolute Gasteiger partial charge is 0.353 e. The first-order valence-electron chi connectivity index (χ1n) is 11.0. The summed E-state index contributed by atoms with van der Waals surface area (Å²) in [5, 5.41) is 0. The molecule has 0 spiro atoms. The highest BCUT2D eigenvalue weighted by Crippen LogP contribution is 2.27. The number of nitrogens with zero attached hydrogens (tertiary/aromatic N) is 4. The van der Waals surface area contributed by atoms with Gasteiger partial charge in [-0.3, -0.25) is 4.79 Å². The first-order chi connectivity index (χ1) is 15.3. The summed E-state index contributed by atoms with van der Waals surface area (Å²) in [6.07, 6.45) is 0.812. The van der Waals surface area contributed by atoms with Crippen molar-refractivity contribution >= 4 is 27.7 Å². The van der Waals surface area contributed by atoms with E-state index in [-0.39, 0.29) is 5.91 Å². The van der Waals surface area contributed by atoms with Gasteiger partial charge in [0.05, 0.1) is 0 Å². The second-order valence-electron chi connectivity index (χ2n) is 8.55. The Morgan fingerprint density at radius 3 is 2.44 bits per heavy atom. The normalized spacial score (nSPS) is 14.0. The Morgan fingerprint density at radius 1 is 0.969 bits per heavy atom. The smallest absolute Gasteiger partial charge is 0.254 e. The van der Waals surface area contributed by atoms with Gasteiger partial charge in [-0.1, -0.05) is 45.8 Å². The lowest BCUT2D eigenvalue weighted by atomic mass is 9.97. The predicted molar refractivity (Wildman–Crippen MR) is 132 cm³/mol. The van der Waals surface area contributed by atoms with Crippen LogP contribution in [0.25, 0.3) is 0 Å². The lowest BCUT2D eigenvalue weighted by Crippen LogP contribution is -2.49. The summed E-state index contributed by atoms with van der Waals surface area (Å²) < 4.78 is 0.921. The number of carbonyl (C=O) groups is 1. The second-order valence-corrected chi connectivity index (χ2v) is 9.47. The molecule has 1 aliphatic heterocycles. The molecule has 166 valence electrons. The van der Waals surface area contributed by atoms with Crippen molar-refractivity contribution < 1.29 is 4.79 Å². The average molecular weight is 493 g/mol. The SMILES string of the molecule is Cc1ccc(C)c(Cc2c(C)nc(C)nc2N2CCN(C(=O)c3cccc(Br)c3)CC2)c1. The van der Waals surface area contributed by atoms with Crippen LogP contribution in [0.3, 0.4) is 0 Å². The minimum Gasteiger partial charge on any atom is -0.353 e. The number of hydrogen-bond acceptors (Lipinski definition) is 4. The number of piperazine rings is 1. The molecule has 3 aromatic rings. The fourth-order valence-corrected chi connectivity index (χ4v) is 4.69. The molecule has 0 bridgehead atoms. The van der Waals surface area contributed by atoms with E-state index in [0.717, 1.165) is 46.9 Å². The molecular formula is C26H29BrN4O. The zero-order chi connectivity index (χ0) is 22.8. The number of anilines is 1. The van der Waals surface area contributed by atoms with Crippen molar-refractivity contribution in [3.8, 4) is 0 Å². The Bertz CT molecular complexity index is 1150. The van der Waals surface area contributed by atoms with Crippen LogP contribution in [0.4, 0.5) is 5.82 Å². The van der Waals surface area contributed by atoms with Gasteiger partial charge in [-0.05, 0) is 57.0 Å². The third kappa shape index (κ3) is 4.85. The minimum atomic E-state index is 0.0802. The molecule has 0 atom stereocenters. The van der Waals surface area contributed by atoms with Crippen LogP contribution >= 0.6 is 15.9 Å². The summed E-state index contributed by atoms with van der Waals surface area (Å²) in [6.45, 7) is 11.2. The number of aryl methyl sites for hydroxylation is 4. The molecule has 0 saturated carbocycles. The van der Waals surface area contributed by atoms with Crippen LogP contribution in [-0.2, 0) is 6.42 Å². The van der Waals surface area contributed by atoms with Gasteiger partial charge in [0, 0.05) is 53.9 Å². The van der Waals surface area contributed by atoms with Gasteiger partial charge in [0.1, 0.15) is 11.6 Å². The highest BCUT2D eigenvalue weighted by Gasteiger charge is 2.25. The molecule has 0 radical (unpaired) electrons. The maximum absolute atomic E-state index is 12.9. The van der Waals surface area contributed by atoms with Crippen LogP contribution in [0.1, 0.15) is 44.1 Å². The van der Waals surface area contributed by atoms with Crippen LogP contribution < -0.4 is 4.90 Å². The molecule has 1 saturated heterocycles. The van der Waals surface area contributed by atoms with Gasteiger partial charge in [-0.25, -0.2) is 9.97 Å². The Morgan fingerprint density at radius 2 is 1.72 bits per heavy atom.